The van der Waals surface area contributed by atoms with Crippen LogP contribution >= 0.6 is 11.8 Å². The van der Waals surface area contributed by atoms with Crippen molar-refractivity contribution in [1.29, 1.82) is 0 Å². The Balaban J connectivity index is 1.95. The number of thioether (sulfide) groups is 1. The van der Waals surface area contributed by atoms with Crippen LogP contribution in [0.4, 0.5) is 0 Å². The lowest BCUT2D eigenvalue weighted by Crippen LogP contribution is -2.18. The van der Waals surface area contributed by atoms with Gasteiger partial charge in [-0.1, -0.05) is 24.3 Å². The van der Waals surface area contributed by atoms with Crippen LogP contribution in [0.1, 0.15) is 29.4 Å². The second-order valence-corrected chi connectivity index (χ2v) is 6.79. The number of hydrogen-bond acceptors (Lipinski definition) is 3. The maximum Gasteiger partial charge on any atom is 0.119 e. The van der Waals surface area contributed by atoms with Gasteiger partial charge in [0.25, 0.3) is 0 Å². The van der Waals surface area contributed by atoms with Crippen molar-refractivity contribution in [3.63, 3.8) is 0 Å². The highest BCUT2D eigenvalue weighted by Crippen LogP contribution is 2.48. The van der Waals surface area contributed by atoms with E-state index in [1.54, 1.807) is 14.2 Å². The van der Waals surface area contributed by atoms with E-state index in [0.29, 0.717) is 11.8 Å². The summed E-state index contributed by atoms with van der Waals surface area (Å²) in [5, 5.41) is 0. The van der Waals surface area contributed by atoms with E-state index >= 15 is 0 Å². The smallest absolute Gasteiger partial charge is 0.119 e. The molecule has 0 radical (unpaired) electrons. The maximum atomic E-state index is 5.37. The third-order valence-electron chi connectivity index (χ3n) is 4.49. The summed E-state index contributed by atoms with van der Waals surface area (Å²) in [6.45, 7) is 3.97. The molecular weight excluding hydrogens is 304 g/mol. The number of hydrogen-bond donors (Lipinski definition) is 0. The normalized spacial score (nSPS) is 19.7. The van der Waals surface area contributed by atoms with Gasteiger partial charge in [0, 0.05) is 16.6 Å². The first-order chi connectivity index (χ1) is 11.3. The summed E-state index contributed by atoms with van der Waals surface area (Å²) in [7, 11) is 3.42. The number of benzene rings is 2. The lowest BCUT2D eigenvalue weighted by molar-refractivity contribution is 0.412. The van der Waals surface area contributed by atoms with Gasteiger partial charge in [0.15, 0.2) is 0 Å². The van der Waals surface area contributed by atoms with Crippen LogP contribution in [0.3, 0.4) is 0 Å². The SMILES string of the molecule is C=CCC1c2ccc(OC)cc2SC[C@@H]1c1ccc(OC)cc1. The first-order valence-electron chi connectivity index (χ1n) is 7.82. The average Bonchev–Trinajstić information content (AvgIpc) is 2.62. The van der Waals surface area contributed by atoms with E-state index in [4.69, 9.17) is 9.47 Å². The maximum absolute atomic E-state index is 5.37. The van der Waals surface area contributed by atoms with Crippen LogP contribution in [0.5, 0.6) is 11.5 Å². The molecule has 1 aliphatic rings. The molecule has 0 aromatic heterocycles. The molecule has 0 amide bonds. The number of ether oxygens (including phenoxy) is 2. The molecule has 120 valence electrons. The van der Waals surface area contributed by atoms with Gasteiger partial charge in [0.2, 0.25) is 0 Å². The highest BCUT2D eigenvalue weighted by atomic mass is 32.2. The highest BCUT2D eigenvalue weighted by molar-refractivity contribution is 7.99. The molecule has 0 bridgehead atoms. The predicted octanol–water partition coefficient (Wildman–Crippen LogP) is 5.25. The monoisotopic (exact) mass is 326 g/mol. The Kier molecular flexibility index (Phi) is 4.97. The van der Waals surface area contributed by atoms with Gasteiger partial charge in [-0.05, 0) is 47.7 Å². The summed E-state index contributed by atoms with van der Waals surface area (Å²) >= 11 is 1.92. The van der Waals surface area contributed by atoms with Gasteiger partial charge in [-0.2, -0.15) is 0 Å². The molecule has 0 saturated carbocycles. The molecule has 23 heavy (non-hydrogen) atoms. The molecule has 3 heteroatoms. The predicted molar refractivity (Wildman–Crippen MR) is 97.0 cm³/mol. The van der Waals surface area contributed by atoms with Gasteiger partial charge in [-0.15, -0.1) is 18.3 Å². The Bertz CT molecular complexity index is 679. The van der Waals surface area contributed by atoms with Crippen LogP contribution in [0.2, 0.25) is 0 Å². The third kappa shape index (κ3) is 3.25. The Hall–Kier alpha value is -1.87. The standard InChI is InChI=1S/C20H22O2S/c1-4-5-17-18-11-10-16(22-3)12-20(18)23-13-19(17)14-6-8-15(21-2)9-7-14/h4,6-12,17,19H,1,5,13H2,2-3H3/t17?,19-/m1/s1. The van der Waals surface area contributed by atoms with E-state index in [0.717, 1.165) is 23.7 Å². The Morgan fingerprint density at radius 3 is 2.43 bits per heavy atom. The first kappa shape index (κ1) is 16.0. The molecule has 2 aromatic carbocycles. The lowest BCUT2D eigenvalue weighted by atomic mass is 9.80. The summed E-state index contributed by atoms with van der Waals surface area (Å²) < 4.78 is 10.6. The first-order valence-corrected chi connectivity index (χ1v) is 8.81. The van der Waals surface area contributed by atoms with E-state index in [2.05, 4.69) is 49.0 Å². The van der Waals surface area contributed by atoms with Crippen LogP contribution in [0, 0.1) is 0 Å². The van der Waals surface area contributed by atoms with Crippen LogP contribution in [0.15, 0.2) is 60.0 Å². The van der Waals surface area contributed by atoms with Crippen molar-refractivity contribution < 1.29 is 9.47 Å². The number of fused-ring (bicyclic) bond motifs is 1. The van der Waals surface area contributed by atoms with E-state index in [-0.39, 0.29) is 0 Å². The van der Waals surface area contributed by atoms with E-state index in [1.807, 2.05) is 17.8 Å². The summed E-state index contributed by atoms with van der Waals surface area (Å²) in [4.78, 5) is 1.33. The van der Waals surface area contributed by atoms with Crippen molar-refractivity contribution in [3.8, 4) is 11.5 Å². The lowest BCUT2D eigenvalue weighted by Gasteiger charge is -2.33. The molecule has 0 fully saturated rings. The highest BCUT2D eigenvalue weighted by Gasteiger charge is 2.30. The van der Waals surface area contributed by atoms with Crippen molar-refractivity contribution in [2.45, 2.75) is 23.2 Å². The molecule has 1 aliphatic heterocycles. The summed E-state index contributed by atoms with van der Waals surface area (Å²) in [5.74, 6) is 3.86. The van der Waals surface area contributed by atoms with Gasteiger partial charge < -0.3 is 9.47 Å². The van der Waals surface area contributed by atoms with Crippen LogP contribution < -0.4 is 9.47 Å². The second kappa shape index (κ2) is 7.14. The molecule has 0 spiro atoms. The third-order valence-corrected chi connectivity index (χ3v) is 5.68. The minimum Gasteiger partial charge on any atom is -0.497 e. The van der Waals surface area contributed by atoms with Crippen LogP contribution in [0.25, 0.3) is 0 Å². The van der Waals surface area contributed by atoms with Crippen molar-refractivity contribution in [3.05, 3.63) is 66.2 Å². The fraction of sp³-hybridized carbons (Fsp3) is 0.300. The average molecular weight is 326 g/mol. The Morgan fingerprint density at radius 1 is 1.09 bits per heavy atom. The molecule has 2 nitrogen and oxygen atoms in total. The van der Waals surface area contributed by atoms with Gasteiger partial charge in [-0.3, -0.25) is 0 Å². The summed E-state index contributed by atoms with van der Waals surface area (Å²) in [6.07, 6.45) is 3.02. The van der Waals surface area contributed by atoms with Crippen molar-refractivity contribution in [2.75, 3.05) is 20.0 Å². The Labute approximate surface area is 142 Å². The zero-order chi connectivity index (χ0) is 16.2. The zero-order valence-electron chi connectivity index (χ0n) is 13.6. The van der Waals surface area contributed by atoms with Crippen LogP contribution in [-0.4, -0.2) is 20.0 Å². The summed E-state index contributed by atoms with van der Waals surface area (Å²) in [6, 6.07) is 14.9. The zero-order valence-corrected chi connectivity index (χ0v) is 14.4. The van der Waals surface area contributed by atoms with Crippen LogP contribution in [-0.2, 0) is 0 Å². The quantitative estimate of drug-likeness (QED) is 0.699. The minimum atomic E-state index is 0.461. The molecule has 0 aliphatic carbocycles. The molecule has 2 aromatic rings. The van der Waals surface area contributed by atoms with Gasteiger partial charge in [0.1, 0.15) is 11.5 Å². The molecule has 0 saturated heterocycles. The van der Waals surface area contributed by atoms with E-state index < -0.39 is 0 Å². The number of allylic oxidation sites excluding steroid dienone is 1. The van der Waals surface area contributed by atoms with Crippen molar-refractivity contribution in [1.82, 2.24) is 0 Å². The fourth-order valence-corrected chi connectivity index (χ4v) is 4.61. The Morgan fingerprint density at radius 2 is 1.78 bits per heavy atom. The molecule has 1 unspecified atom stereocenters. The van der Waals surface area contributed by atoms with E-state index in [1.165, 1.54) is 16.0 Å². The molecule has 3 rings (SSSR count). The van der Waals surface area contributed by atoms with Gasteiger partial charge in [0.05, 0.1) is 14.2 Å². The largest absolute Gasteiger partial charge is 0.497 e. The molecule has 2 atom stereocenters. The summed E-state index contributed by atoms with van der Waals surface area (Å²) in [5.41, 5.74) is 2.77. The number of rotatable bonds is 5. The number of methoxy groups -OCH3 is 2. The molecule has 0 N–H and O–H groups in total. The van der Waals surface area contributed by atoms with Gasteiger partial charge in [-0.25, -0.2) is 0 Å². The fourth-order valence-electron chi connectivity index (χ4n) is 3.24. The van der Waals surface area contributed by atoms with E-state index in [9.17, 15) is 0 Å². The molecular formula is C20H22O2S. The van der Waals surface area contributed by atoms with Crippen molar-refractivity contribution >= 4 is 11.8 Å². The van der Waals surface area contributed by atoms with Crippen molar-refractivity contribution in [2.24, 2.45) is 0 Å². The van der Waals surface area contributed by atoms with Gasteiger partial charge >= 0.3 is 0 Å². The minimum absolute atomic E-state index is 0.461. The topological polar surface area (TPSA) is 18.5 Å². The second-order valence-electron chi connectivity index (χ2n) is 5.73. The molecule has 1 heterocycles.